The van der Waals surface area contributed by atoms with Crippen molar-refractivity contribution in [3.8, 4) is 11.5 Å². The third-order valence-electron chi connectivity index (χ3n) is 3.84. The van der Waals surface area contributed by atoms with E-state index in [1.807, 2.05) is 24.3 Å². The first-order valence-electron chi connectivity index (χ1n) is 7.26. The van der Waals surface area contributed by atoms with E-state index in [1.165, 1.54) is 25.7 Å². The van der Waals surface area contributed by atoms with Crippen LogP contribution in [0.2, 0.25) is 0 Å². The van der Waals surface area contributed by atoms with Crippen molar-refractivity contribution in [2.45, 2.75) is 32.6 Å². The molecule has 1 fully saturated rings. The van der Waals surface area contributed by atoms with E-state index in [4.69, 9.17) is 9.47 Å². The van der Waals surface area contributed by atoms with Crippen molar-refractivity contribution < 1.29 is 9.47 Å². The van der Waals surface area contributed by atoms with Gasteiger partial charge in [-0.25, -0.2) is 0 Å². The fraction of sp³-hybridized carbons (Fsp3) is 0.625. The molecule has 0 bridgehead atoms. The van der Waals surface area contributed by atoms with Gasteiger partial charge in [-0.1, -0.05) is 25.5 Å². The Morgan fingerprint density at radius 2 is 1.95 bits per heavy atom. The number of ether oxygens (including phenoxy) is 2. The Bertz CT molecular complexity index is 388. The summed E-state index contributed by atoms with van der Waals surface area (Å²) in [7, 11) is 1.67. The fourth-order valence-electron chi connectivity index (χ4n) is 2.55. The van der Waals surface area contributed by atoms with Crippen LogP contribution in [0.3, 0.4) is 0 Å². The van der Waals surface area contributed by atoms with Gasteiger partial charge in [0.15, 0.2) is 11.5 Å². The van der Waals surface area contributed by atoms with Crippen molar-refractivity contribution in [1.29, 1.82) is 0 Å². The van der Waals surface area contributed by atoms with Gasteiger partial charge in [-0.3, -0.25) is 0 Å². The second-order valence-electron chi connectivity index (χ2n) is 5.43. The molecule has 0 aliphatic heterocycles. The Kier molecular flexibility index (Phi) is 5.08. The lowest BCUT2D eigenvalue weighted by atomic mass is 10.0. The summed E-state index contributed by atoms with van der Waals surface area (Å²) in [6, 6.07) is 7.78. The van der Waals surface area contributed by atoms with Crippen molar-refractivity contribution in [3.63, 3.8) is 0 Å². The molecule has 0 unspecified atom stereocenters. The lowest BCUT2D eigenvalue weighted by Crippen LogP contribution is -2.28. The molecule has 0 saturated heterocycles. The predicted octanol–water partition coefficient (Wildman–Crippen LogP) is 3.24. The minimum atomic E-state index is 0.610. The lowest BCUT2D eigenvalue weighted by molar-refractivity contribution is 0.286. The largest absolute Gasteiger partial charge is 0.493 e. The summed E-state index contributed by atoms with van der Waals surface area (Å²) in [5.74, 6) is 1.62. The minimum Gasteiger partial charge on any atom is -0.493 e. The maximum atomic E-state index is 5.74. The highest BCUT2D eigenvalue weighted by atomic mass is 16.5. The van der Waals surface area contributed by atoms with E-state index >= 15 is 0 Å². The molecule has 3 nitrogen and oxygen atoms in total. The molecule has 0 heterocycles. The van der Waals surface area contributed by atoms with Crippen molar-refractivity contribution >= 4 is 0 Å². The van der Waals surface area contributed by atoms with Gasteiger partial charge < -0.3 is 14.8 Å². The molecule has 0 radical (unpaired) electrons. The van der Waals surface area contributed by atoms with Crippen LogP contribution in [0, 0.1) is 5.41 Å². The van der Waals surface area contributed by atoms with Gasteiger partial charge >= 0.3 is 0 Å². The summed E-state index contributed by atoms with van der Waals surface area (Å²) in [4.78, 5) is 0. The van der Waals surface area contributed by atoms with Crippen molar-refractivity contribution in [1.82, 2.24) is 5.32 Å². The summed E-state index contributed by atoms with van der Waals surface area (Å²) in [5, 5.41) is 3.51. The van der Waals surface area contributed by atoms with E-state index < -0.39 is 0 Å². The van der Waals surface area contributed by atoms with Crippen LogP contribution in [0.4, 0.5) is 0 Å². The highest BCUT2D eigenvalue weighted by Gasteiger charge is 2.40. The summed E-state index contributed by atoms with van der Waals surface area (Å²) < 4.78 is 11.0. The lowest BCUT2D eigenvalue weighted by Gasteiger charge is -2.15. The first-order valence-corrected chi connectivity index (χ1v) is 7.26. The Labute approximate surface area is 116 Å². The second-order valence-corrected chi connectivity index (χ2v) is 5.43. The van der Waals surface area contributed by atoms with Gasteiger partial charge in [-0.2, -0.15) is 0 Å². The summed E-state index contributed by atoms with van der Waals surface area (Å²) in [5.41, 5.74) is 0.610. The Balaban J connectivity index is 1.64. The Hall–Kier alpha value is -1.22. The van der Waals surface area contributed by atoms with Crippen LogP contribution in [0.25, 0.3) is 0 Å². The van der Waals surface area contributed by atoms with Gasteiger partial charge in [0, 0.05) is 13.1 Å². The molecule has 3 heteroatoms. The molecule has 1 aromatic carbocycles. The minimum absolute atomic E-state index is 0.610. The first kappa shape index (κ1) is 14.2. The van der Waals surface area contributed by atoms with E-state index in [-0.39, 0.29) is 0 Å². The third-order valence-corrected chi connectivity index (χ3v) is 3.84. The van der Waals surface area contributed by atoms with Gasteiger partial charge in [0.2, 0.25) is 0 Å². The van der Waals surface area contributed by atoms with Crippen LogP contribution in [-0.2, 0) is 0 Å². The molecule has 1 aliphatic carbocycles. The maximum Gasteiger partial charge on any atom is 0.161 e. The number of rotatable bonds is 9. The Morgan fingerprint density at radius 3 is 2.58 bits per heavy atom. The molecule has 1 aromatic rings. The monoisotopic (exact) mass is 263 g/mol. The van der Waals surface area contributed by atoms with Gasteiger partial charge in [0.25, 0.3) is 0 Å². The fourth-order valence-corrected chi connectivity index (χ4v) is 2.55. The van der Waals surface area contributed by atoms with E-state index in [9.17, 15) is 0 Å². The van der Waals surface area contributed by atoms with Crippen molar-refractivity contribution in [2.24, 2.45) is 5.41 Å². The van der Waals surface area contributed by atoms with E-state index in [2.05, 4.69) is 12.2 Å². The normalized spacial score (nSPS) is 16.1. The molecule has 0 aromatic heterocycles. The number of benzene rings is 1. The Morgan fingerprint density at radius 1 is 1.21 bits per heavy atom. The highest BCUT2D eigenvalue weighted by Crippen LogP contribution is 2.48. The first-order chi connectivity index (χ1) is 9.29. The standard InChI is InChI=1S/C16H25NO2/c1-3-8-16(9-10-16)13-17-11-12-19-15-7-5-4-6-14(15)18-2/h4-7,17H,3,8-13H2,1-2H3. The van der Waals surface area contributed by atoms with Crippen LogP contribution in [0.5, 0.6) is 11.5 Å². The van der Waals surface area contributed by atoms with E-state index in [1.54, 1.807) is 7.11 Å². The van der Waals surface area contributed by atoms with Gasteiger partial charge in [0.1, 0.15) is 6.61 Å². The van der Waals surface area contributed by atoms with Gasteiger partial charge in [0.05, 0.1) is 7.11 Å². The number of nitrogens with one attached hydrogen (secondary N) is 1. The number of para-hydroxylation sites is 2. The molecular formula is C16H25NO2. The molecule has 0 amide bonds. The third kappa shape index (κ3) is 4.13. The predicted molar refractivity (Wildman–Crippen MR) is 77.9 cm³/mol. The van der Waals surface area contributed by atoms with Crippen molar-refractivity contribution in [3.05, 3.63) is 24.3 Å². The average molecular weight is 263 g/mol. The zero-order valence-corrected chi connectivity index (χ0v) is 12.1. The SMILES string of the molecule is CCCC1(CNCCOc2ccccc2OC)CC1. The summed E-state index contributed by atoms with van der Waals surface area (Å²) in [6.45, 7) is 4.98. The number of methoxy groups -OCH3 is 1. The summed E-state index contributed by atoms with van der Waals surface area (Å²) in [6.07, 6.45) is 5.43. The van der Waals surface area contributed by atoms with Gasteiger partial charge in [-0.05, 0) is 36.8 Å². The zero-order valence-electron chi connectivity index (χ0n) is 12.1. The molecule has 1 saturated carbocycles. The smallest absolute Gasteiger partial charge is 0.161 e. The molecular weight excluding hydrogens is 238 g/mol. The molecule has 106 valence electrons. The number of hydrogen-bond acceptors (Lipinski definition) is 3. The average Bonchev–Trinajstić information content (AvgIpc) is 3.19. The maximum absolute atomic E-state index is 5.74. The molecule has 0 spiro atoms. The van der Waals surface area contributed by atoms with Crippen LogP contribution >= 0.6 is 0 Å². The number of hydrogen-bond donors (Lipinski definition) is 1. The zero-order chi connectivity index (χ0) is 13.6. The second kappa shape index (κ2) is 6.80. The van der Waals surface area contributed by atoms with Gasteiger partial charge in [-0.15, -0.1) is 0 Å². The molecule has 1 N–H and O–H groups in total. The van der Waals surface area contributed by atoms with Crippen LogP contribution in [-0.4, -0.2) is 26.8 Å². The van der Waals surface area contributed by atoms with Crippen LogP contribution in [0.15, 0.2) is 24.3 Å². The molecule has 1 aliphatic rings. The topological polar surface area (TPSA) is 30.5 Å². The molecule has 2 rings (SSSR count). The quantitative estimate of drug-likeness (QED) is 0.694. The van der Waals surface area contributed by atoms with Crippen molar-refractivity contribution in [2.75, 3.05) is 26.8 Å². The van der Waals surface area contributed by atoms with Crippen LogP contribution in [0.1, 0.15) is 32.6 Å². The highest BCUT2D eigenvalue weighted by molar-refractivity contribution is 5.39. The summed E-state index contributed by atoms with van der Waals surface area (Å²) >= 11 is 0. The van der Waals surface area contributed by atoms with E-state index in [0.29, 0.717) is 12.0 Å². The van der Waals surface area contributed by atoms with E-state index in [0.717, 1.165) is 24.6 Å². The molecule has 19 heavy (non-hydrogen) atoms. The molecule has 0 atom stereocenters. The van der Waals surface area contributed by atoms with Crippen LogP contribution < -0.4 is 14.8 Å².